The number of hydrogen-bond donors (Lipinski definition) is 1. The number of ether oxygens (including phenoxy) is 1. The van der Waals surface area contributed by atoms with Crippen molar-refractivity contribution in [2.24, 2.45) is 0 Å². The van der Waals surface area contributed by atoms with E-state index in [1.165, 1.54) is 22.5 Å². The van der Waals surface area contributed by atoms with Crippen molar-refractivity contribution in [2.45, 2.75) is 6.42 Å². The molecule has 2 aromatic carbocycles. The number of rotatable bonds is 3. The smallest absolute Gasteiger partial charge is 0.120 e. The molecular weight excluding hydrogens is 260 g/mol. The van der Waals surface area contributed by atoms with Gasteiger partial charge in [0.2, 0.25) is 0 Å². The first kappa shape index (κ1) is 13.6. The number of hydrogen-bond acceptors (Lipinski definition) is 3. The standard InChI is InChI=1S/C18H20N2O/c1-20(2)16-7-4-13(5-8-16)10-15-11-14-6-9-17(21-3)12-18(14)19-15/h4-10,12,19H,11H2,1-3H3/b15-10+. The van der Waals surface area contributed by atoms with Crippen LogP contribution in [0.1, 0.15) is 11.1 Å². The molecule has 0 bridgehead atoms. The van der Waals surface area contributed by atoms with E-state index in [0.717, 1.165) is 17.9 Å². The van der Waals surface area contributed by atoms with Crippen LogP contribution >= 0.6 is 0 Å². The molecule has 0 unspecified atom stereocenters. The summed E-state index contributed by atoms with van der Waals surface area (Å²) in [7, 11) is 5.80. The Morgan fingerprint density at radius 1 is 1.10 bits per heavy atom. The van der Waals surface area contributed by atoms with Gasteiger partial charge in [-0.05, 0) is 35.4 Å². The van der Waals surface area contributed by atoms with Crippen molar-refractivity contribution in [3.63, 3.8) is 0 Å². The zero-order chi connectivity index (χ0) is 14.8. The third-order valence-electron chi connectivity index (χ3n) is 3.74. The van der Waals surface area contributed by atoms with Gasteiger partial charge in [0.1, 0.15) is 5.75 Å². The fraction of sp³-hybridized carbons (Fsp3) is 0.222. The molecule has 1 heterocycles. The molecule has 0 saturated heterocycles. The van der Waals surface area contributed by atoms with Gasteiger partial charge in [-0.25, -0.2) is 0 Å². The quantitative estimate of drug-likeness (QED) is 0.926. The van der Waals surface area contributed by atoms with Crippen molar-refractivity contribution in [1.29, 1.82) is 0 Å². The molecule has 0 aromatic heterocycles. The molecule has 2 aromatic rings. The molecule has 0 spiro atoms. The second-order valence-electron chi connectivity index (χ2n) is 5.48. The second kappa shape index (κ2) is 5.52. The van der Waals surface area contributed by atoms with Gasteiger partial charge in [-0.2, -0.15) is 0 Å². The Kier molecular flexibility index (Phi) is 3.57. The van der Waals surface area contributed by atoms with Gasteiger partial charge in [0.15, 0.2) is 0 Å². The summed E-state index contributed by atoms with van der Waals surface area (Å²) in [6, 6.07) is 14.7. The number of nitrogens with one attached hydrogen (secondary N) is 1. The summed E-state index contributed by atoms with van der Waals surface area (Å²) in [6.07, 6.45) is 3.14. The molecule has 0 amide bonds. The number of nitrogens with zero attached hydrogens (tertiary/aromatic N) is 1. The topological polar surface area (TPSA) is 24.5 Å². The highest BCUT2D eigenvalue weighted by Gasteiger charge is 2.15. The first-order valence-electron chi connectivity index (χ1n) is 7.07. The van der Waals surface area contributed by atoms with Gasteiger partial charge in [-0.3, -0.25) is 0 Å². The fourth-order valence-electron chi connectivity index (χ4n) is 2.53. The van der Waals surface area contributed by atoms with Crippen molar-refractivity contribution in [3.05, 3.63) is 59.3 Å². The molecule has 108 valence electrons. The SMILES string of the molecule is COc1ccc2c(c1)N/C(=C/c1ccc(N(C)C)cc1)C2. The minimum Gasteiger partial charge on any atom is -0.497 e. The normalized spacial score (nSPS) is 14.7. The Hall–Kier alpha value is -2.42. The minimum atomic E-state index is 0.887. The third kappa shape index (κ3) is 2.87. The van der Waals surface area contributed by atoms with Gasteiger partial charge in [0.25, 0.3) is 0 Å². The first-order valence-corrected chi connectivity index (χ1v) is 7.07. The zero-order valence-corrected chi connectivity index (χ0v) is 12.7. The second-order valence-corrected chi connectivity index (χ2v) is 5.48. The van der Waals surface area contributed by atoms with Gasteiger partial charge in [-0.15, -0.1) is 0 Å². The molecule has 3 heteroatoms. The van der Waals surface area contributed by atoms with E-state index in [2.05, 4.69) is 60.7 Å². The van der Waals surface area contributed by atoms with Crippen LogP contribution < -0.4 is 15.0 Å². The summed E-state index contributed by atoms with van der Waals surface area (Å²) < 4.78 is 5.26. The van der Waals surface area contributed by atoms with Crippen LogP contribution in [0, 0.1) is 0 Å². The first-order chi connectivity index (χ1) is 10.2. The predicted octanol–water partition coefficient (Wildman–Crippen LogP) is 3.77. The van der Waals surface area contributed by atoms with Gasteiger partial charge < -0.3 is 15.0 Å². The lowest BCUT2D eigenvalue weighted by Crippen LogP contribution is -2.07. The maximum absolute atomic E-state index is 5.26. The van der Waals surface area contributed by atoms with E-state index in [9.17, 15) is 0 Å². The van der Waals surface area contributed by atoms with Crippen LogP contribution in [-0.4, -0.2) is 21.2 Å². The van der Waals surface area contributed by atoms with Crippen LogP contribution in [0.5, 0.6) is 5.75 Å². The molecular formula is C18H20N2O. The molecule has 21 heavy (non-hydrogen) atoms. The van der Waals surface area contributed by atoms with E-state index in [4.69, 9.17) is 4.74 Å². The summed E-state index contributed by atoms with van der Waals surface area (Å²) in [5.41, 5.74) is 6.10. The molecule has 1 N–H and O–H groups in total. The lowest BCUT2D eigenvalue weighted by atomic mass is 10.1. The summed E-state index contributed by atoms with van der Waals surface area (Å²) in [4.78, 5) is 2.10. The summed E-state index contributed by atoms with van der Waals surface area (Å²) >= 11 is 0. The Morgan fingerprint density at radius 2 is 1.86 bits per heavy atom. The Bertz CT molecular complexity index is 672. The van der Waals surface area contributed by atoms with Crippen LogP contribution in [0.15, 0.2) is 48.2 Å². The minimum absolute atomic E-state index is 0.887. The Balaban J connectivity index is 1.79. The Labute approximate surface area is 125 Å². The average molecular weight is 280 g/mol. The lowest BCUT2D eigenvalue weighted by Gasteiger charge is -2.12. The zero-order valence-electron chi connectivity index (χ0n) is 12.7. The maximum Gasteiger partial charge on any atom is 0.120 e. The Morgan fingerprint density at radius 3 is 2.52 bits per heavy atom. The van der Waals surface area contributed by atoms with Crippen molar-refractivity contribution in [3.8, 4) is 5.75 Å². The van der Waals surface area contributed by atoms with Crippen molar-refractivity contribution < 1.29 is 4.74 Å². The highest BCUT2D eigenvalue weighted by molar-refractivity contribution is 5.70. The fourth-order valence-corrected chi connectivity index (χ4v) is 2.53. The number of fused-ring (bicyclic) bond motifs is 1. The molecule has 0 saturated carbocycles. The lowest BCUT2D eigenvalue weighted by molar-refractivity contribution is 0.415. The van der Waals surface area contributed by atoms with Gasteiger partial charge in [-0.1, -0.05) is 18.2 Å². The number of methoxy groups -OCH3 is 1. The van der Waals surface area contributed by atoms with Gasteiger partial charge in [0.05, 0.1) is 7.11 Å². The number of benzene rings is 2. The molecule has 0 aliphatic carbocycles. The van der Waals surface area contributed by atoms with E-state index in [1.807, 2.05) is 12.1 Å². The van der Waals surface area contributed by atoms with Crippen LogP contribution in [0.2, 0.25) is 0 Å². The average Bonchev–Trinajstić information content (AvgIpc) is 2.88. The van der Waals surface area contributed by atoms with Gasteiger partial charge in [0, 0.05) is 43.7 Å². The largest absolute Gasteiger partial charge is 0.497 e. The van der Waals surface area contributed by atoms with E-state index in [0.29, 0.717) is 0 Å². The van der Waals surface area contributed by atoms with Crippen LogP contribution in [0.25, 0.3) is 6.08 Å². The highest BCUT2D eigenvalue weighted by Crippen LogP contribution is 2.32. The highest BCUT2D eigenvalue weighted by atomic mass is 16.5. The van der Waals surface area contributed by atoms with Crippen LogP contribution in [0.4, 0.5) is 11.4 Å². The number of anilines is 2. The van der Waals surface area contributed by atoms with E-state index < -0.39 is 0 Å². The molecule has 0 atom stereocenters. The molecule has 1 aliphatic rings. The van der Waals surface area contributed by atoms with Crippen LogP contribution in [0.3, 0.4) is 0 Å². The van der Waals surface area contributed by atoms with Crippen molar-refractivity contribution in [2.75, 3.05) is 31.4 Å². The van der Waals surface area contributed by atoms with E-state index in [1.54, 1.807) is 7.11 Å². The summed E-state index contributed by atoms with van der Waals surface area (Å²) in [5, 5.41) is 3.47. The maximum atomic E-state index is 5.26. The molecule has 3 nitrogen and oxygen atoms in total. The van der Waals surface area contributed by atoms with E-state index >= 15 is 0 Å². The number of allylic oxidation sites excluding steroid dienone is 1. The van der Waals surface area contributed by atoms with Crippen LogP contribution in [-0.2, 0) is 6.42 Å². The van der Waals surface area contributed by atoms with Gasteiger partial charge >= 0.3 is 0 Å². The monoisotopic (exact) mass is 280 g/mol. The predicted molar refractivity (Wildman–Crippen MR) is 89.1 cm³/mol. The van der Waals surface area contributed by atoms with Crippen molar-refractivity contribution >= 4 is 17.5 Å². The molecule has 1 aliphatic heterocycles. The molecule has 0 fully saturated rings. The third-order valence-corrected chi connectivity index (χ3v) is 3.74. The summed E-state index contributed by atoms with van der Waals surface area (Å²) in [6.45, 7) is 0. The van der Waals surface area contributed by atoms with Crippen molar-refractivity contribution in [1.82, 2.24) is 0 Å². The molecule has 3 rings (SSSR count). The molecule has 0 radical (unpaired) electrons. The summed E-state index contributed by atoms with van der Waals surface area (Å²) in [5.74, 6) is 0.887. The van der Waals surface area contributed by atoms with E-state index in [-0.39, 0.29) is 0 Å².